The van der Waals surface area contributed by atoms with Crippen molar-refractivity contribution in [2.75, 3.05) is 20.8 Å². The molecule has 8 nitrogen and oxygen atoms in total. The number of imide groups is 1. The van der Waals surface area contributed by atoms with Gasteiger partial charge in [0.1, 0.15) is 6.04 Å². The molecule has 168 valence electrons. The SMILES string of the molecule is COc1cc2c(cc1OC)CN(C(=O)C[C@@H]1NC(=O)N(Cc3ccccc3Cl)C1=O)CC2. The summed E-state index contributed by atoms with van der Waals surface area (Å²) in [5, 5.41) is 3.10. The highest BCUT2D eigenvalue weighted by Gasteiger charge is 2.40. The molecule has 1 fully saturated rings. The molecule has 0 radical (unpaired) electrons. The molecule has 1 N–H and O–H groups in total. The number of carbonyl (C=O) groups excluding carboxylic acids is 3. The van der Waals surface area contributed by atoms with Gasteiger partial charge in [-0.05, 0) is 41.3 Å². The third kappa shape index (κ3) is 4.23. The first-order valence-electron chi connectivity index (χ1n) is 10.3. The molecule has 0 aromatic heterocycles. The van der Waals surface area contributed by atoms with E-state index in [1.165, 1.54) is 0 Å². The number of carbonyl (C=O) groups is 3. The molecule has 32 heavy (non-hydrogen) atoms. The number of hydrogen-bond acceptors (Lipinski definition) is 5. The fourth-order valence-electron chi connectivity index (χ4n) is 4.06. The number of ether oxygens (including phenoxy) is 2. The molecule has 0 aliphatic carbocycles. The number of fused-ring (bicyclic) bond motifs is 1. The first kappa shape index (κ1) is 22.0. The van der Waals surface area contributed by atoms with E-state index in [4.69, 9.17) is 21.1 Å². The van der Waals surface area contributed by atoms with E-state index in [1.54, 1.807) is 43.4 Å². The summed E-state index contributed by atoms with van der Waals surface area (Å²) in [6.07, 6.45) is 0.581. The lowest BCUT2D eigenvalue weighted by Gasteiger charge is -2.30. The summed E-state index contributed by atoms with van der Waals surface area (Å²) < 4.78 is 10.7. The first-order chi connectivity index (χ1) is 15.4. The summed E-state index contributed by atoms with van der Waals surface area (Å²) in [5.74, 6) is 0.647. The van der Waals surface area contributed by atoms with Crippen molar-refractivity contribution >= 4 is 29.4 Å². The van der Waals surface area contributed by atoms with Gasteiger partial charge in [0.2, 0.25) is 5.91 Å². The van der Waals surface area contributed by atoms with Gasteiger partial charge in [0.05, 0.1) is 27.2 Å². The summed E-state index contributed by atoms with van der Waals surface area (Å²) in [5.41, 5.74) is 2.74. The molecule has 2 heterocycles. The van der Waals surface area contributed by atoms with Gasteiger partial charge in [-0.3, -0.25) is 14.5 Å². The van der Waals surface area contributed by atoms with Crippen LogP contribution in [0, 0.1) is 0 Å². The number of methoxy groups -OCH3 is 2. The molecular weight excluding hydrogens is 434 g/mol. The number of rotatable bonds is 6. The van der Waals surface area contributed by atoms with Crippen LogP contribution >= 0.6 is 11.6 Å². The molecule has 1 saturated heterocycles. The Labute approximate surface area is 191 Å². The number of benzene rings is 2. The highest BCUT2D eigenvalue weighted by molar-refractivity contribution is 6.31. The fourth-order valence-corrected chi connectivity index (χ4v) is 4.26. The van der Waals surface area contributed by atoms with Crippen molar-refractivity contribution in [2.45, 2.75) is 32.0 Å². The van der Waals surface area contributed by atoms with Gasteiger partial charge >= 0.3 is 6.03 Å². The van der Waals surface area contributed by atoms with Crippen LogP contribution in [0.1, 0.15) is 23.1 Å². The molecule has 0 spiro atoms. The first-order valence-corrected chi connectivity index (χ1v) is 10.7. The zero-order chi connectivity index (χ0) is 22.8. The van der Waals surface area contributed by atoms with E-state index >= 15 is 0 Å². The molecule has 2 aliphatic heterocycles. The van der Waals surface area contributed by atoms with Crippen LogP contribution < -0.4 is 14.8 Å². The minimum Gasteiger partial charge on any atom is -0.493 e. The van der Waals surface area contributed by atoms with Crippen LogP contribution in [0.25, 0.3) is 0 Å². The largest absolute Gasteiger partial charge is 0.493 e. The molecule has 2 aliphatic rings. The monoisotopic (exact) mass is 457 g/mol. The van der Waals surface area contributed by atoms with Crippen molar-refractivity contribution < 1.29 is 23.9 Å². The molecule has 4 amide bonds. The standard InChI is InChI=1S/C23H24ClN3O5/c1-31-19-9-14-7-8-26(12-16(14)10-20(19)32-2)21(28)11-18-22(29)27(23(30)25-18)13-15-5-3-4-6-17(15)24/h3-6,9-10,18H,7-8,11-13H2,1-2H3,(H,25,30)/t18-/m0/s1. The minimum absolute atomic E-state index is 0.0632. The molecule has 2 aromatic rings. The highest BCUT2D eigenvalue weighted by Crippen LogP contribution is 2.33. The maximum Gasteiger partial charge on any atom is 0.325 e. The molecule has 1 atom stereocenters. The summed E-state index contributed by atoms with van der Waals surface area (Å²) in [7, 11) is 3.16. The van der Waals surface area contributed by atoms with Gasteiger partial charge in [-0.25, -0.2) is 4.79 Å². The Morgan fingerprint density at radius 3 is 2.50 bits per heavy atom. The van der Waals surface area contributed by atoms with E-state index in [-0.39, 0.29) is 18.9 Å². The molecular formula is C23H24ClN3O5. The molecule has 2 aromatic carbocycles. The van der Waals surface area contributed by atoms with Gasteiger partial charge in [0.15, 0.2) is 11.5 Å². The molecule has 0 bridgehead atoms. The Morgan fingerprint density at radius 2 is 1.81 bits per heavy atom. The van der Waals surface area contributed by atoms with Crippen molar-refractivity contribution in [1.82, 2.24) is 15.1 Å². The summed E-state index contributed by atoms with van der Waals surface area (Å²) in [4.78, 5) is 40.9. The van der Waals surface area contributed by atoms with E-state index in [2.05, 4.69) is 5.32 Å². The number of nitrogens with one attached hydrogen (secondary N) is 1. The van der Waals surface area contributed by atoms with Crippen LogP contribution in [0.2, 0.25) is 5.02 Å². The second-order valence-electron chi connectivity index (χ2n) is 7.76. The van der Waals surface area contributed by atoms with Crippen LogP contribution in [0.5, 0.6) is 11.5 Å². The summed E-state index contributed by atoms with van der Waals surface area (Å²) in [6, 6.07) is 9.44. The van der Waals surface area contributed by atoms with Gasteiger partial charge < -0.3 is 19.7 Å². The van der Waals surface area contributed by atoms with Gasteiger partial charge in [0, 0.05) is 18.1 Å². The lowest BCUT2D eigenvalue weighted by molar-refractivity contribution is -0.136. The van der Waals surface area contributed by atoms with Gasteiger partial charge in [0.25, 0.3) is 5.91 Å². The van der Waals surface area contributed by atoms with E-state index in [1.807, 2.05) is 12.1 Å². The molecule has 4 rings (SSSR count). The van der Waals surface area contributed by atoms with Crippen molar-refractivity contribution in [3.63, 3.8) is 0 Å². The normalized spacial score (nSPS) is 17.8. The highest BCUT2D eigenvalue weighted by atomic mass is 35.5. The number of halogens is 1. The molecule has 0 saturated carbocycles. The van der Waals surface area contributed by atoms with E-state index in [9.17, 15) is 14.4 Å². The van der Waals surface area contributed by atoms with Gasteiger partial charge in [-0.2, -0.15) is 0 Å². The van der Waals surface area contributed by atoms with Crippen LogP contribution in [0.3, 0.4) is 0 Å². The Morgan fingerprint density at radius 1 is 1.12 bits per heavy atom. The minimum atomic E-state index is -0.885. The van der Waals surface area contributed by atoms with Crippen molar-refractivity contribution in [3.05, 3.63) is 58.1 Å². The maximum absolute atomic E-state index is 12.9. The summed E-state index contributed by atoms with van der Waals surface area (Å²) >= 11 is 6.16. The van der Waals surface area contributed by atoms with Crippen molar-refractivity contribution in [3.8, 4) is 11.5 Å². The number of hydrogen-bond donors (Lipinski definition) is 1. The predicted octanol–water partition coefficient (Wildman–Crippen LogP) is 2.75. The van der Waals surface area contributed by atoms with Crippen LogP contribution in [0.15, 0.2) is 36.4 Å². The van der Waals surface area contributed by atoms with Gasteiger partial charge in [-0.15, -0.1) is 0 Å². The Hall–Kier alpha value is -3.26. The third-order valence-corrected chi connectivity index (χ3v) is 6.21. The third-order valence-electron chi connectivity index (χ3n) is 5.84. The Kier molecular flexibility index (Phi) is 6.23. The number of nitrogens with zero attached hydrogens (tertiary/aromatic N) is 2. The zero-order valence-corrected chi connectivity index (χ0v) is 18.6. The lowest BCUT2D eigenvalue weighted by Crippen LogP contribution is -2.41. The quantitative estimate of drug-likeness (QED) is 0.674. The Balaban J connectivity index is 1.42. The summed E-state index contributed by atoms with van der Waals surface area (Å²) in [6.45, 7) is 1.000. The average molecular weight is 458 g/mol. The average Bonchev–Trinajstić information content (AvgIpc) is 3.06. The van der Waals surface area contributed by atoms with Crippen molar-refractivity contribution in [2.24, 2.45) is 0 Å². The maximum atomic E-state index is 12.9. The lowest BCUT2D eigenvalue weighted by atomic mass is 9.98. The van der Waals surface area contributed by atoms with Crippen LogP contribution in [-0.2, 0) is 29.1 Å². The van der Waals surface area contributed by atoms with E-state index in [0.29, 0.717) is 41.6 Å². The smallest absolute Gasteiger partial charge is 0.325 e. The zero-order valence-electron chi connectivity index (χ0n) is 17.9. The molecule has 0 unspecified atom stereocenters. The molecule has 9 heteroatoms. The topological polar surface area (TPSA) is 88.2 Å². The van der Waals surface area contributed by atoms with E-state index < -0.39 is 18.0 Å². The second-order valence-corrected chi connectivity index (χ2v) is 8.17. The predicted molar refractivity (Wildman–Crippen MR) is 118 cm³/mol. The van der Waals surface area contributed by atoms with Crippen LogP contribution in [0.4, 0.5) is 4.79 Å². The number of amides is 4. The van der Waals surface area contributed by atoms with E-state index in [0.717, 1.165) is 16.0 Å². The Bertz CT molecular complexity index is 1070. The second kappa shape index (κ2) is 9.08. The van der Waals surface area contributed by atoms with Crippen molar-refractivity contribution in [1.29, 1.82) is 0 Å². The van der Waals surface area contributed by atoms with Crippen LogP contribution in [-0.4, -0.2) is 54.5 Å². The van der Waals surface area contributed by atoms with Gasteiger partial charge in [-0.1, -0.05) is 29.8 Å². The fraction of sp³-hybridized carbons (Fsp3) is 0.348. The number of urea groups is 1.